The van der Waals surface area contributed by atoms with Gasteiger partial charge in [-0.15, -0.1) is 0 Å². The van der Waals surface area contributed by atoms with E-state index in [1.165, 1.54) is 5.56 Å². The standard InChI is InChI=1S/C11H16N2O/c1-13(2)9-11(12-14)8-10-6-4-3-5-7-10/h3-7,14H,8-9H2,1-2H3/b12-11-. The number of benzene rings is 1. The predicted molar refractivity (Wildman–Crippen MR) is 57.9 cm³/mol. The van der Waals surface area contributed by atoms with E-state index in [4.69, 9.17) is 5.21 Å². The molecule has 0 unspecified atom stereocenters. The Bertz CT molecular complexity index is 293. The van der Waals surface area contributed by atoms with Crippen LogP contribution in [0.1, 0.15) is 5.56 Å². The monoisotopic (exact) mass is 192 g/mol. The molecule has 0 aliphatic heterocycles. The van der Waals surface area contributed by atoms with Crippen LogP contribution < -0.4 is 0 Å². The van der Waals surface area contributed by atoms with Crippen LogP contribution in [0.25, 0.3) is 0 Å². The minimum atomic E-state index is 0.686. The van der Waals surface area contributed by atoms with Gasteiger partial charge in [0.15, 0.2) is 0 Å². The molecule has 0 aliphatic rings. The molecule has 76 valence electrons. The van der Waals surface area contributed by atoms with Gasteiger partial charge in [0, 0.05) is 13.0 Å². The number of rotatable bonds is 4. The van der Waals surface area contributed by atoms with Crippen molar-refractivity contribution in [3.63, 3.8) is 0 Å². The summed E-state index contributed by atoms with van der Waals surface area (Å²) >= 11 is 0. The topological polar surface area (TPSA) is 35.8 Å². The highest BCUT2D eigenvalue weighted by molar-refractivity contribution is 5.87. The Morgan fingerprint density at radius 3 is 2.43 bits per heavy atom. The van der Waals surface area contributed by atoms with Crippen LogP contribution in [-0.2, 0) is 6.42 Å². The van der Waals surface area contributed by atoms with Crippen LogP contribution in [0.2, 0.25) is 0 Å². The molecule has 3 heteroatoms. The summed E-state index contributed by atoms with van der Waals surface area (Å²) in [5.74, 6) is 0. The van der Waals surface area contributed by atoms with Crippen molar-refractivity contribution in [1.82, 2.24) is 4.90 Å². The van der Waals surface area contributed by atoms with E-state index in [1.54, 1.807) is 0 Å². The van der Waals surface area contributed by atoms with Crippen molar-refractivity contribution in [1.29, 1.82) is 0 Å². The summed E-state index contributed by atoms with van der Waals surface area (Å²) in [7, 11) is 3.91. The van der Waals surface area contributed by atoms with Gasteiger partial charge in [-0.3, -0.25) is 0 Å². The van der Waals surface area contributed by atoms with Crippen LogP contribution in [0.5, 0.6) is 0 Å². The fourth-order valence-corrected chi connectivity index (χ4v) is 1.32. The van der Waals surface area contributed by atoms with E-state index >= 15 is 0 Å². The van der Waals surface area contributed by atoms with E-state index in [9.17, 15) is 0 Å². The second kappa shape index (κ2) is 5.40. The largest absolute Gasteiger partial charge is 0.411 e. The molecular weight excluding hydrogens is 176 g/mol. The lowest BCUT2D eigenvalue weighted by Crippen LogP contribution is -2.23. The first-order chi connectivity index (χ1) is 6.72. The molecule has 1 N–H and O–H groups in total. The highest BCUT2D eigenvalue weighted by atomic mass is 16.4. The number of hydrogen-bond donors (Lipinski definition) is 1. The molecule has 0 fully saturated rings. The van der Waals surface area contributed by atoms with Gasteiger partial charge in [0.1, 0.15) is 0 Å². The molecule has 0 amide bonds. The molecule has 0 saturated heterocycles. The van der Waals surface area contributed by atoms with E-state index in [-0.39, 0.29) is 0 Å². The van der Waals surface area contributed by atoms with Gasteiger partial charge in [0.2, 0.25) is 0 Å². The van der Waals surface area contributed by atoms with E-state index in [2.05, 4.69) is 5.16 Å². The molecule has 14 heavy (non-hydrogen) atoms. The van der Waals surface area contributed by atoms with Crippen molar-refractivity contribution < 1.29 is 5.21 Å². The summed E-state index contributed by atoms with van der Waals surface area (Å²) in [6, 6.07) is 10.0. The zero-order valence-corrected chi connectivity index (χ0v) is 8.64. The van der Waals surface area contributed by atoms with Gasteiger partial charge in [0.05, 0.1) is 5.71 Å². The minimum absolute atomic E-state index is 0.686. The second-order valence-corrected chi connectivity index (χ2v) is 3.57. The van der Waals surface area contributed by atoms with Crippen molar-refractivity contribution in [2.24, 2.45) is 5.16 Å². The Hall–Kier alpha value is -1.35. The lowest BCUT2D eigenvalue weighted by molar-refractivity contribution is 0.313. The van der Waals surface area contributed by atoms with Gasteiger partial charge in [-0.05, 0) is 19.7 Å². The third-order valence-corrected chi connectivity index (χ3v) is 1.89. The maximum Gasteiger partial charge on any atom is 0.0754 e. The summed E-state index contributed by atoms with van der Waals surface area (Å²) in [6.07, 6.45) is 0.704. The molecule has 0 bridgehead atoms. The Morgan fingerprint density at radius 2 is 1.93 bits per heavy atom. The molecule has 0 heterocycles. The van der Waals surface area contributed by atoms with E-state index < -0.39 is 0 Å². The van der Waals surface area contributed by atoms with E-state index in [1.807, 2.05) is 49.3 Å². The number of hydrogen-bond acceptors (Lipinski definition) is 3. The van der Waals surface area contributed by atoms with Crippen LogP contribution in [0.4, 0.5) is 0 Å². The fraction of sp³-hybridized carbons (Fsp3) is 0.364. The lowest BCUT2D eigenvalue weighted by Gasteiger charge is -2.10. The van der Waals surface area contributed by atoms with E-state index in [0.29, 0.717) is 13.0 Å². The molecule has 3 nitrogen and oxygen atoms in total. The number of nitrogens with zero attached hydrogens (tertiary/aromatic N) is 2. The van der Waals surface area contributed by atoms with Crippen LogP contribution in [0, 0.1) is 0 Å². The Kier molecular flexibility index (Phi) is 4.13. The highest BCUT2D eigenvalue weighted by Crippen LogP contribution is 2.01. The first-order valence-corrected chi connectivity index (χ1v) is 4.61. The van der Waals surface area contributed by atoms with Crippen molar-refractivity contribution >= 4 is 5.71 Å². The normalized spacial score (nSPS) is 12.1. The zero-order chi connectivity index (χ0) is 10.4. The molecule has 0 atom stereocenters. The van der Waals surface area contributed by atoms with Gasteiger partial charge in [-0.2, -0.15) is 0 Å². The van der Waals surface area contributed by atoms with Crippen LogP contribution in [0.3, 0.4) is 0 Å². The van der Waals surface area contributed by atoms with Crippen LogP contribution in [0.15, 0.2) is 35.5 Å². The van der Waals surface area contributed by atoms with Crippen LogP contribution >= 0.6 is 0 Å². The summed E-state index contributed by atoms with van der Waals surface area (Å²) in [5, 5.41) is 12.1. The molecule has 1 aromatic carbocycles. The third kappa shape index (κ3) is 3.58. The molecular formula is C11H16N2O. The maximum atomic E-state index is 8.80. The Morgan fingerprint density at radius 1 is 1.29 bits per heavy atom. The molecule has 0 aliphatic carbocycles. The second-order valence-electron chi connectivity index (χ2n) is 3.57. The minimum Gasteiger partial charge on any atom is -0.411 e. The Balaban J connectivity index is 2.58. The van der Waals surface area contributed by atoms with Crippen molar-refractivity contribution in [2.75, 3.05) is 20.6 Å². The quantitative estimate of drug-likeness (QED) is 0.447. The van der Waals surface area contributed by atoms with E-state index in [0.717, 1.165) is 5.71 Å². The Labute approximate surface area is 84.7 Å². The van der Waals surface area contributed by atoms with Crippen molar-refractivity contribution in [3.8, 4) is 0 Å². The predicted octanol–water partition coefficient (Wildman–Crippen LogP) is 1.62. The van der Waals surface area contributed by atoms with Crippen molar-refractivity contribution in [3.05, 3.63) is 35.9 Å². The van der Waals surface area contributed by atoms with Gasteiger partial charge in [0.25, 0.3) is 0 Å². The maximum absolute atomic E-state index is 8.80. The average molecular weight is 192 g/mol. The van der Waals surface area contributed by atoms with Crippen LogP contribution in [-0.4, -0.2) is 36.5 Å². The van der Waals surface area contributed by atoms with Gasteiger partial charge >= 0.3 is 0 Å². The molecule has 0 spiro atoms. The summed E-state index contributed by atoms with van der Waals surface area (Å²) in [6.45, 7) is 0.686. The highest BCUT2D eigenvalue weighted by Gasteiger charge is 2.03. The summed E-state index contributed by atoms with van der Waals surface area (Å²) < 4.78 is 0. The third-order valence-electron chi connectivity index (χ3n) is 1.89. The molecule has 1 rings (SSSR count). The lowest BCUT2D eigenvalue weighted by atomic mass is 10.1. The first-order valence-electron chi connectivity index (χ1n) is 4.61. The summed E-state index contributed by atoms with van der Waals surface area (Å²) in [4.78, 5) is 1.98. The zero-order valence-electron chi connectivity index (χ0n) is 8.64. The molecule has 0 radical (unpaired) electrons. The number of oxime groups is 1. The fourth-order valence-electron chi connectivity index (χ4n) is 1.32. The summed E-state index contributed by atoms with van der Waals surface area (Å²) in [5.41, 5.74) is 1.95. The molecule has 0 saturated carbocycles. The first kappa shape index (κ1) is 10.7. The van der Waals surface area contributed by atoms with Gasteiger partial charge in [-0.1, -0.05) is 35.5 Å². The average Bonchev–Trinajstić information content (AvgIpc) is 2.17. The van der Waals surface area contributed by atoms with Gasteiger partial charge in [-0.25, -0.2) is 0 Å². The van der Waals surface area contributed by atoms with Crippen molar-refractivity contribution in [2.45, 2.75) is 6.42 Å². The molecule has 1 aromatic rings. The smallest absolute Gasteiger partial charge is 0.0754 e. The SMILES string of the molecule is CN(C)C/C(Cc1ccccc1)=N\O. The molecule has 0 aromatic heterocycles. The van der Waals surface area contributed by atoms with Gasteiger partial charge < -0.3 is 10.1 Å².